The average molecular weight is 399 g/mol. The minimum Gasteiger partial charge on any atom is -0.379 e. The lowest BCUT2D eigenvalue weighted by molar-refractivity contribution is 0.0729. The van der Waals surface area contributed by atoms with Crippen LogP contribution in [0.25, 0.3) is 22.0 Å². The third-order valence-electron chi connectivity index (χ3n) is 4.90. The van der Waals surface area contributed by atoms with Gasteiger partial charge in [-0.25, -0.2) is 13.1 Å². The van der Waals surface area contributed by atoms with E-state index < -0.39 is 10.0 Å². The first-order chi connectivity index (χ1) is 13.5. The predicted octanol–water partition coefficient (Wildman–Crippen LogP) is 1.76. The molecule has 1 fully saturated rings. The van der Waals surface area contributed by atoms with Gasteiger partial charge in [-0.2, -0.15) is 9.40 Å². The van der Waals surface area contributed by atoms with E-state index in [0.717, 1.165) is 10.9 Å². The van der Waals surface area contributed by atoms with Crippen molar-refractivity contribution in [3.05, 3.63) is 64.4 Å². The van der Waals surface area contributed by atoms with Gasteiger partial charge in [-0.1, -0.05) is 42.5 Å². The van der Waals surface area contributed by atoms with Crippen LogP contribution in [0.5, 0.6) is 0 Å². The van der Waals surface area contributed by atoms with Crippen LogP contribution in [0.2, 0.25) is 0 Å². The van der Waals surface area contributed by atoms with E-state index in [1.165, 1.54) is 8.99 Å². The molecular formula is C20H21N3O4S. The number of fused-ring (bicyclic) bond motifs is 1. The number of hydrogen-bond acceptors (Lipinski definition) is 5. The number of ether oxygens (including phenoxy) is 1. The fourth-order valence-electron chi connectivity index (χ4n) is 3.40. The molecule has 0 aliphatic carbocycles. The van der Waals surface area contributed by atoms with Crippen molar-refractivity contribution in [3.8, 4) is 11.3 Å². The van der Waals surface area contributed by atoms with Crippen LogP contribution in [-0.2, 0) is 27.6 Å². The molecule has 1 aromatic heterocycles. The zero-order valence-corrected chi connectivity index (χ0v) is 16.4. The first-order valence-corrected chi connectivity index (χ1v) is 10.7. The lowest BCUT2D eigenvalue weighted by atomic mass is 10.0. The summed E-state index contributed by atoms with van der Waals surface area (Å²) in [5.41, 5.74) is 2.09. The van der Waals surface area contributed by atoms with Crippen LogP contribution in [0.1, 0.15) is 5.56 Å². The Morgan fingerprint density at radius 3 is 2.32 bits per heavy atom. The number of nitrogens with zero attached hydrogens (tertiary/aromatic N) is 3. The van der Waals surface area contributed by atoms with Crippen molar-refractivity contribution in [1.29, 1.82) is 0 Å². The Balaban J connectivity index is 1.65. The largest absolute Gasteiger partial charge is 0.379 e. The monoisotopic (exact) mass is 399 g/mol. The molecular weight excluding hydrogens is 378 g/mol. The average Bonchev–Trinajstić information content (AvgIpc) is 2.72. The van der Waals surface area contributed by atoms with E-state index in [4.69, 9.17) is 4.74 Å². The van der Waals surface area contributed by atoms with Crippen molar-refractivity contribution in [1.82, 2.24) is 14.1 Å². The summed E-state index contributed by atoms with van der Waals surface area (Å²) in [6.45, 7) is 1.66. The number of sulfonamides is 1. The summed E-state index contributed by atoms with van der Waals surface area (Å²) in [4.78, 5) is 12.3. The highest BCUT2D eigenvalue weighted by atomic mass is 32.2. The first-order valence-electron chi connectivity index (χ1n) is 9.07. The van der Waals surface area contributed by atoms with Gasteiger partial charge in [0.05, 0.1) is 30.0 Å². The zero-order chi connectivity index (χ0) is 19.7. The van der Waals surface area contributed by atoms with Crippen LogP contribution in [-0.4, -0.2) is 48.8 Å². The Hall–Kier alpha value is -2.55. The molecule has 3 aromatic rings. The van der Waals surface area contributed by atoms with Gasteiger partial charge in [0.2, 0.25) is 10.0 Å². The van der Waals surface area contributed by atoms with Crippen LogP contribution >= 0.6 is 0 Å². The van der Waals surface area contributed by atoms with Gasteiger partial charge >= 0.3 is 0 Å². The molecule has 7 nitrogen and oxygen atoms in total. The number of hydrogen-bond donors (Lipinski definition) is 0. The molecule has 1 aliphatic rings. The van der Waals surface area contributed by atoms with Gasteiger partial charge in [0.1, 0.15) is 0 Å². The van der Waals surface area contributed by atoms with Crippen molar-refractivity contribution in [2.45, 2.75) is 5.75 Å². The Bertz CT molecular complexity index is 1160. The SMILES string of the molecule is Cn1nc(-c2ccc(CS(=O)(=O)N3CCOCC3)cc2)c2ccccc2c1=O. The van der Waals surface area contributed by atoms with Gasteiger partial charge in [-0.05, 0) is 11.6 Å². The minimum atomic E-state index is -3.37. The molecule has 0 amide bonds. The summed E-state index contributed by atoms with van der Waals surface area (Å²) in [5.74, 6) is -0.0469. The summed E-state index contributed by atoms with van der Waals surface area (Å²) in [6, 6.07) is 14.7. The Morgan fingerprint density at radius 2 is 1.64 bits per heavy atom. The number of rotatable bonds is 4. The van der Waals surface area contributed by atoms with Gasteiger partial charge in [0, 0.05) is 31.1 Å². The topological polar surface area (TPSA) is 81.5 Å². The van der Waals surface area contributed by atoms with Crippen molar-refractivity contribution in [3.63, 3.8) is 0 Å². The summed E-state index contributed by atoms with van der Waals surface area (Å²) < 4.78 is 33.2. The molecule has 0 unspecified atom stereocenters. The molecule has 0 spiro atoms. The first kappa shape index (κ1) is 18.8. The smallest absolute Gasteiger partial charge is 0.274 e. The summed E-state index contributed by atoms with van der Waals surface area (Å²) in [7, 11) is -1.74. The molecule has 28 heavy (non-hydrogen) atoms. The van der Waals surface area contributed by atoms with E-state index in [-0.39, 0.29) is 11.3 Å². The number of benzene rings is 2. The van der Waals surface area contributed by atoms with Crippen LogP contribution in [0.3, 0.4) is 0 Å². The standard InChI is InChI=1S/C20H21N3O4S/c1-22-20(24)18-5-3-2-4-17(18)19(21-22)16-8-6-15(7-9-16)14-28(25,26)23-10-12-27-13-11-23/h2-9H,10-14H2,1H3. The lowest BCUT2D eigenvalue weighted by Crippen LogP contribution is -2.41. The van der Waals surface area contributed by atoms with Gasteiger partial charge in [0.15, 0.2) is 0 Å². The lowest BCUT2D eigenvalue weighted by Gasteiger charge is -2.26. The quantitative estimate of drug-likeness (QED) is 0.668. The second-order valence-corrected chi connectivity index (χ2v) is 8.76. The van der Waals surface area contributed by atoms with Crippen molar-refractivity contribution < 1.29 is 13.2 Å². The van der Waals surface area contributed by atoms with Crippen LogP contribution in [0, 0.1) is 0 Å². The predicted molar refractivity (Wildman–Crippen MR) is 107 cm³/mol. The van der Waals surface area contributed by atoms with E-state index >= 15 is 0 Å². The summed E-state index contributed by atoms with van der Waals surface area (Å²) in [5, 5.41) is 5.80. The Morgan fingerprint density at radius 1 is 1.00 bits per heavy atom. The molecule has 0 N–H and O–H groups in total. The maximum Gasteiger partial charge on any atom is 0.274 e. The summed E-state index contributed by atoms with van der Waals surface area (Å²) >= 11 is 0. The third-order valence-corrected chi connectivity index (χ3v) is 6.75. The van der Waals surface area contributed by atoms with Gasteiger partial charge in [0.25, 0.3) is 5.56 Å². The van der Waals surface area contributed by atoms with Crippen molar-refractivity contribution in [2.24, 2.45) is 7.05 Å². The molecule has 4 rings (SSSR count). The molecule has 2 heterocycles. The van der Waals surface area contributed by atoms with E-state index in [2.05, 4.69) is 5.10 Å². The maximum absolute atomic E-state index is 12.6. The second-order valence-electron chi connectivity index (χ2n) is 6.79. The highest BCUT2D eigenvalue weighted by Gasteiger charge is 2.24. The number of aryl methyl sites for hydroxylation is 1. The molecule has 2 aromatic carbocycles. The van der Waals surface area contributed by atoms with Crippen LogP contribution < -0.4 is 5.56 Å². The zero-order valence-electron chi connectivity index (χ0n) is 15.5. The van der Waals surface area contributed by atoms with Crippen molar-refractivity contribution >= 4 is 20.8 Å². The van der Waals surface area contributed by atoms with Gasteiger partial charge < -0.3 is 4.74 Å². The normalized spacial score (nSPS) is 15.8. The molecule has 0 atom stereocenters. The summed E-state index contributed by atoms with van der Waals surface area (Å²) in [6.07, 6.45) is 0. The molecule has 8 heteroatoms. The molecule has 0 saturated carbocycles. The minimum absolute atomic E-state index is 0.0469. The molecule has 146 valence electrons. The second kappa shape index (κ2) is 7.46. The highest BCUT2D eigenvalue weighted by Crippen LogP contribution is 2.25. The third kappa shape index (κ3) is 3.58. The number of morpholine rings is 1. The van der Waals surface area contributed by atoms with E-state index in [1.807, 2.05) is 30.3 Å². The van der Waals surface area contributed by atoms with E-state index in [1.54, 1.807) is 25.2 Å². The van der Waals surface area contributed by atoms with Gasteiger partial charge in [-0.3, -0.25) is 4.79 Å². The fourth-order valence-corrected chi connectivity index (χ4v) is 4.90. The number of aromatic nitrogens is 2. The Kier molecular flexibility index (Phi) is 5.01. The fraction of sp³-hybridized carbons (Fsp3) is 0.300. The molecule has 1 saturated heterocycles. The highest BCUT2D eigenvalue weighted by molar-refractivity contribution is 7.88. The van der Waals surface area contributed by atoms with Crippen LogP contribution in [0.4, 0.5) is 0 Å². The maximum atomic E-state index is 12.6. The van der Waals surface area contributed by atoms with Crippen molar-refractivity contribution in [2.75, 3.05) is 26.3 Å². The molecule has 0 bridgehead atoms. The van der Waals surface area contributed by atoms with E-state index in [9.17, 15) is 13.2 Å². The Labute approximate surface area is 163 Å². The molecule has 0 radical (unpaired) electrons. The van der Waals surface area contributed by atoms with Crippen LogP contribution in [0.15, 0.2) is 53.3 Å². The molecule has 1 aliphatic heterocycles. The van der Waals surface area contributed by atoms with E-state index in [0.29, 0.717) is 42.9 Å². The van der Waals surface area contributed by atoms with Gasteiger partial charge in [-0.15, -0.1) is 0 Å².